The summed E-state index contributed by atoms with van der Waals surface area (Å²) in [6.07, 6.45) is 1.07. The minimum atomic E-state index is -0.895. The first-order chi connectivity index (χ1) is 44.9. The Hall–Kier alpha value is -12.1. The van der Waals surface area contributed by atoms with Crippen molar-refractivity contribution < 1.29 is 28.8 Å². The van der Waals surface area contributed by atoms with E-state index in [4.69, 9.17) is 0 Å². The lowest BCUT2D eigenvalue weighted by Gasteiger charge is -2.20. The first-order valence-electron chi connectivity index (χ1n) is 30.8. The lowest BCUT2D eigenvalue weighted by atomic mass is 10.0. The second-order valence-electron chi connectivity index (χ2n) is 24.0. The van der Waals surface area contributed by atoms with Crippen molar-refractivity contribution in [2.45, 2.75) is 78.9 Å². The number of rotatable bonds is 6. The number of hydrogen-bond acceptors (Lipinski definition) is 6. The summed E-state index contributed by atoms with van der Waals surface area (Å²) in [5.74, 6) is 36.5. The molecule has 0 unspecified atom stereocenters. The highest BCUT2D eigenvalue weighted by Gasteiger charge is 2.26. The molecule has 8 aromatic rings. The summed E-state index contributed by atoms with van der Waals surface area (Å²) in [5.41, 5.74) is 9.12. The average Bonchev–Trinajstić information content (AvgIpc) is 1.36. The standard InChI is InChI=1S/C81H66N6O6/c1-52(2)37-73-79(91)82-70-22-10-16-58(49-70)28-34-64-43-65-35-29-59-17-11-23-71(50-59)83-80(92)74(38-53(3)4)86-77(89)68-20-8-14-56(47-68)26-32-62-40-61(31-25-55-13-7-19-67(46-55)76(88)85-73)41-63(42-62)33-27-57-15-9-21-69(48-57)78(90)87-75(39-54(5)6)81(93)84-72-24-12-18-60(51-72)30-36-66(44-64)45-65/h7-24,40-54,73-75H,37-39H2,1-6H3,(H,82,91)(H,83,92)(H,84,93)(H,85,88)(H,86,89)(H,87,90)/t73-,74-,75-/m0/s1. The summed E-state index contributed by atoms with van der Waals surface area (Å²) in [5, 5.41) is 18.0. The van der Waals surface area contributed by atoms with Gasteiger partial charge in [0.1, 0.15) is 18.1 Å². The van der Waals surface area contributed by atoms with Gasteiger partial charge in [-0.3, -0.25) is 28.8 Å². The molecule has 0 saturated carbocycles. The van der Waals surface area contributed by atoms with Gasteiger partial charge in [-0.25, -0.2) is 0 Å². The third kappa shape index (κ3) is 18.5. The Bertz CT molecular complexity index is 4200. The Kier molecular flexibility index (Phi) is 20.6. The van der Waals surface area contributed by atoms with E-state index in [9.17, 15) is 28.8 Å². The molecule has 3 aliphatic rings. The molecule has 0 aliphatic carbocycles. The molecular weight excluding hydrogens is 1150 g/mol. The van der Waals surface area contributed by atoms with E-state index in [2.05, 4.69) is 103 Å². The maximum absolute atomic E-state index is 14.2. The van der Waals surface area contributed by atoms with Crippen LogP contribution in [0, 0.1) is 88.8 Å². The van der Waals surface area contributed by atoms with Crippen molar-refractivity contribution in [3.05, 3.63) is 265 Å². The molecule has 8 aromatic carbocycles. The van der Waals surface area contributed by atoms with Gasteiger partial charge >= 0.3 is 0 Å². The molecule has 11 rings (SSSR count). The van der Waals surface area contributed by atoms with Gasteiger partial charge in [-0.1, -0.05) is 149 Å². The van der Waals surface area contributed by atoms with E-state index >= 15 is 0 Å². The van der Waals surface area contributed by atoms with Crippen LogP contribution in [0.5, 0.6) is 0 Å². The predicted molar refractivity (Wildman–Crippen MR) is 365 cm³/mol. The lowest BCUT2D eigenvalue weighted by molar-refractivity contribution is -0.119. The van der Waals surface area contributed by atoms with Crippen molar-refractivity contribution in [1.82, 2.24) is 16.0 Å². The molecule has 0 fully saturated rings. The molecule has 6 amide bonds. The normalized spacial score (nSPS) is 15.5. The fourth-order valence-electron chi connectivity index (χ4n) is 10.3. The van der Waals surface area contributed by atoms with Crippen LogP contribution in [-0.4, -0.2) is 53.6 Å². The lowest BCUT2D eigenvalue weighted by Crippen LogP contribution is -2.44. The summed E-state index contributed by atoms with van der Waals surface area (Å²) in [6, 6.07) is 50.2. The van der Waals surface area contributed by atoms with Crippen LogP contribution in [0.2, 0.25) is 0 Å². The van der Waals surface area contributed by atoms with E-state index < -0.39 is 53.6 Å². The largest absolute Gasteiger partial charge is 0.340 e. The summed E-state index contributed by atoms with van der Waals surface area (Å²) >= 11 is 0. The topological polar surface area (TPSA) is 175 Å². The number of nitrogens with one attached hydrogen (secondary N) is 6. The van der Waals surface area contributed by atoms with Crippen molar-refractivity contribution in [3.8, 4) is 71.0 Å². The first kappa shape index (κ1) is 63.9. The number of carbonyl (C=O) groups is 6. The van der Waals surface area contributed by atoms with E-state index in [1.165, 1.54) is 0 Å². The van der Waals surface area contributed by atoms with Crippen molar-refractivity contribution in [2.75, 3.05) is 16.0 Å². The predicted octanol–water partition coefficient (Wildman–Crippen LogP) is 12.1. The maximum Gasteiger partial charge on any atom is 0.251 e. The minimum absolute atomic E-state index is 0.0459. The fraction of sp³-hybridized carbons (Fsp3) is 0.185. The zero-order valence-electron chi connectivity index (χ0n) is 52.4. The first-order valence-corrected chi connectivity index (χ1v) is 30.8. The Morgan fingerprint density at radius 3 is 0.699 bits per heavy atom. The molecule has 0 radical (unpaired) electrons. The Balaban J connectivity index is 1.13. The fourth-order valence-corrected chi connectivity index (χ4v) is 10.3. The number of anilines is 3. The number of carbonyl (C=O) groups excluding carboxylic acids is 6. The number of fused-ring (bicyclic) bond motifs is 12. The Morgan fingerprint density at radius 2 is 0.473 bits per heavy atom. The highest BCUT2D eigenvalue weighted by Crippen LogP contribution is 2.21. The molecule has 18 bridgehead atoms. The monoisotopic (exact) mass is 1220 g/mol. The third-order valence-corrected chi connectivity index (χ3v) is 14.7. The van der Waals surface area contributed by atoms with Crippen LogP contribution in [0.25, 0.3) is 0 Å². The number of hydrogen-bond donors (Lipinski definition) is 6. The molecule has 6 N–H and O–H groups in total. The van der Waals surface area contributed by atoms with Gasteiger partial charge in [-0.2, -0.15) is 0 Å². The van der Waals surface area contributed by atoms with E-state index in [0.717, 1.165) is 0 Å². The summed E-state index contributed by atoms with van der Waals surface area (Å²) in [4.78, 5) is 84.8. The number of amides is 6. The second-order valence-corrected chi connectivity index (χ2v) is 24.0. The molecular formula is C81H66N6O6. The second kappa shape index (κ2) is 30.0. The van der Waals surface area contributed by atoms with Crippen LogP contribution in [0.1, 0.15) is 159 Å². The van der Waals surface area contributed by atoms with Gasteiger partial charge in [0.15, 0.2) is 0 Å². The van der Waals surface area contributed by atoms with E-state index in [1.54, 1.807) is 127 Å². The van der Waals surface area contributed by atoms with Crippen LogP contribution in [0.15, 0.2) is 182 Å². The third-order valence-electron chi connectivity index (χ3n) is 14.7. The quantitative estimate of drug-likeness (QED) is 0.0904. The van der Waals surface area contributed by atoms with Gasteiger partial charge in [-0.15, -0.1) is 0 Å². The summed E-state index contributed by atoms with van der Waals surface area (Å²) in [7, 11) is 0. The van der Waals surface area contributed by atoms with E-state index in [-0.39, 0.29) is 17.8 Å². The minimum Gasteiger partial charge on any atom is -0.340 e. The van der Waals surface area contributed by atoms with Crippen LogP contribution >= 0.6 is 0 Å². The number of benzene rings is 8. The van der Waals surface area contributed by atoms with Crippen molar-refractivity contribution in [2.24, 2.45) is 17.8 Å². The van der Waals surface area contributed by atoms with Gasteiger partial charge < -0.3 is 31.9 Å². The molecule has 93 heavy (non-hydrogen) atoms. The highest BCUT2D eigenvalue weighted by atomic mass is 16.2. The van der Waals surface area contributed by atoms with Crippen molar-refractivity contribution in [1.29, 1.82) is 0 Å². The summed E-state index contributed by atoms with van der Waals surface area (Å²) < 4.78 is 0. The van der Waals surface area contributed by atoms with Crippen LogP contribution in [0.3, 0.4) is 0 Å². The van der Waals surface area contributed by atoms with Gasteiger partial charge in [0.25, 0.3) is 17.7 Å². The molecule has 3 aliphatic heterocycles. The van der Waals surface area contributed by atoms with Gasteiger partial charge in [-0.05, 0) is 183 Å². The zero-order chi connectivity index (χ0) is 65.4. The molecule has 12 nitrogen and oxygen atoms in total. The SMILES string of the molecule is CC(C)C[C@@H]1NC(=O)c2cccc(c2)C#Cc2cc3cc(c2)C#Cc2cccc(c2)C(=O)N[C@@H](CC(C)C)C(=O)Nc2cccc(c2)C#Cc2cc(cc(c2)C#Cc2cccc(c2)NC(=O)[C@H](CC(C)C)NC(=O)c2cccc(c2)C#C3)C#Cc2cccc(c2)NC1=O. The Labute approximate surface area is 543 Å². The highest BCUT2D eigenvalue weighted by molar-refractivity contribution is 6.03. The molecule has 12 heteroatoms. The molecule has 0 aromatic heterocycles. The van der Waals surface area contributed by atoms with Crippen LogP contribution in [-0.2, 0) is 14.4 Å². The van der Waals surface area contributed by atoms with Gasteiger partial charge in [0, 0.05) is 101 Å². The van der Waals surface area contributed by atoms with E-state index in [1.807, 2.05) is 96.1 Å². The summed E-state index contributed by atoms with van der Waals surface area (Å²) in [6.45, 7) is 11.9. The zero-order valence-corrected chi connectivity index (χ0v) is 52.4. The Morgan fingerprint density at radius 1 is 0.269 bits per heavy atom. The van der Waals surface area contributed by atoms with Crippen molar-refractivity contribution >= 4 is 52.5 Å². The molecule has 3 atom stereocenters. The van der Waals surface area contributed by atoms with E-state index in [0.29, 0.717) is 120 Å². The smallest absolute Gasteiger partial charge is 0.251 e. The van der Waals surface area contributed by atoms with Crippen molar-refractivity contribution in [3.63, 3.8) is 0 Å². The molecule has 456 valence electrons. The maximum atomic E-state index is 14.2. The average molecular weight is 1220 g/mol. The molecule has 3 heterocycles. The van der Waals surface area contributed by atoms with Crippen LogP contribution in [0.4, 0.5) is 17.1 Å². The van der Waals surface area contributed by atoms with Gasteiger partial charge in [0.2, 0.25) is 17.7 Å². The molecule has 0 spiro atoms. The molecule has 0 saturated heterocycles. The van der Waals surface area contributed by atoms with Crippen LogP contribution < -0.4 is 31.9 Å². The van der Waals surface area contributed by atoms with Gasteiger partial charge in [0.05, 0.1) is 0 Å².